The maximum absolute atomic E-state index is 12.0. The standard InChI is InChI=1S/C11H10ClN3O/c1-15-6-7(5-14-15)11(16)9-4-8(12)2-3-10(9)13/h2-6H,13H2,1H3. The summed E-state index contributed by atoms with van der Waals surface area (Å²) in [6, 6.07) is 4.83. The highest BCUT2D eigenvalue weighted by atomic mass is 35.5. The number of ketones is 1. The van der Waals surface area contributed by atoms with Gasteiger partial charge in [-0.2, -0.15) is 5.10 Å². The van der Waals surface area contributed by atoms with Crippen LogP contribution in [0.25, 0.3) is 0 Å². The minimum atomic E-state index is -0.173. The third kappa shape index (κ3) is 1.92. The summed E-state index contributed by atoms with van der Waals surface area (Å²) >= 11 is 5.82. The monoisotopic (exact) mass is 235 g/mol. The van der Waals surface area contributed by atoms with Gasteiger partial charge in [0.15, 0.2) is 5.78 Å². The van der Waals surface area contributed by atoms with Gasteiger partial charge in [0.25, 0.3) is 0 Å². The molecular weight excluding hydrogens is 226 g/mol. The van der Waals surface area contributed by atoms with Crippen LogP contribution < -0.4 is 5.73 Å². The number of rotatable bonds is 2. The normalized spacial score (nSPS) is 10.4. The Morgan fingerprint density at radius 1 is 1.50 bits per heavy atom. The molecule has 1 aromatic carbocycles. The van der Waals surface area contributed by atoms with E-state index >= 15 is 0 Å². The van der Waals surface area contributed by atoms with Gasteiger partial charge in [0, 0.05) is 29.5 Å². The molecular formula is C11H10ClN3O. The van der Waals surface area contributed by atoms with Crippen molar-refractivity contribution in [3.05, 3.63) is 46.7 Å². The fraction of sp³-hybridized carbons (Fsp3) is 0.0909. The van der Waals surface area contributed by atoms with Crippen molar-refractivity contribution in [2.24, 2.45) is 7.05 Å². The lowest BCUT2D eigenvalue weighted by molar-refractivity contribution is 0.103. The van der Waals surface area contributed by atoms with Crippen molar-refractivity contribution >= 4 is 23.1 Å². The molecule has 0 amide bonds. The molecule has 0 bridgehead atoms. The first-order valence-corrected chi connectivity index (χ1v) is 5.04. The molecule has 0 saturated carbocycles. The van der Waals surface area contributed by atoms with Gasteiger partial charge in [-0.15, -0.1) is 0 Å². The maximum Gasteiger partial charge on any atom is 0.198 e. The summed E-state index contributed by atoms with van der Waals surface area (Å²) in [4.78, 5) is 12.0. The molecule has 5 heteroatoms. The van der Waals surface area contributed by atoms with Crippen LogP contribution in [0, 0.1) is 0 Å². The number of nitrogen functional groups attached to an aromatic ring is 1. The van der Waals surface area contributed by atoms with E-state index in [0.717, 1.165) is 0 Å². The Bertz CT molecular complexity index is 548. The Morgan fingerprint density at radius 2 is 2.25 bits per heavy atom. The number of carbonyl (C=O) groups is 1. The van der Waals surface area contributed by atoms with Crippen LogP contribution in [-0.4, -0.2) is 15.6 Å². The Hall–Kier alpha value is -1.81. The number of nitrogens with two attached hydrogens (primary N) is 1. The number of benzene rings is 1. The summed E-state index contributed by atoms with van der Waals surface area (Å²) in [5.41, 5.74) is 7.04. The Kier molecular flexibility index (Phi) is 2.66. The summed E-state index contributed by atoms with van der Waals surface area (Å²) in [6.07, 6.45) is 3.14. The molecule has 0 saturated heterocycles. The van der Waals surface area contributed by atoms with E-state index in [1.165, 1.54) is 6.20 Å². The minimum Gasteiger partial charge on any atom is -0.398 e. The van der Waals surface area contributed by atoms with Gasteiger partial charge in [-0.25, -0.2) is 0 Å². The van der Waals surface area contributed by atoms with Crippen LogP contribution in [0.3, 0.4) is 0 Å². The van der Waals surface area contributed by atoms with E-state index in [1.54, 1.807) is 36.1 Å². The van der Waals surface area contributed by atoms with Crippen LogP contribution in [0.1, 0.15) is 15.9 Å². The molecule has 0 unspecified atom stereocenters. The molecule has 2 N–H and O–H groups in total. The van der Waals surface area contributed by atoms with E-state index in [1.807, 2.05) is 0 Å². The highest BCUT2D eigenvalue weighted by Crippen LogP contribution is 2.20. The van der Waals surface area contributed by atoms with Crippen LogP contribution in [0.4, 0.5) is 5.69 Å². The molecule has 0 aliphatic heterocycles. The Labute approximate surface area is 97.6 Å². The first-order valence-electron chi connectivity index (χ1n) is 4.66. The number of hydrogen-bond acceptors (Lipinski definition) is 3. The molecule has 4 nitrogen and oxygen atoms in total. The second-order valence-electron chi connectivity index (χ2n) is 3.46. The number of hydrogen-bond donors (Lipinski definition) is 1. The second-order valence-corrected chi connectivity index (χ2v) is 3.90. The number of aromatic nitrogens is 2. The van der Waals surface area contributed by atoms with E-state index in [4.69, 9.17) is 17.3 Å². The summed E-state index contributed by atoms with van der Waals surface area (Å²) in [7, 11) is 1.75. The maximum atomic E-state index is 12.0. The van der Waals surface area contributed by atoms with Crippen molar-refractivity contribution in [3.8, 4) is 0 Å². The van der Waals surface area contributed by atoms with Gasteiger partial charge in [0.05, 0.1) is 11.8 Å². The predicted molar refractivity (Wildman–Crippen MR) is 62.5 cm³/mol. The summed E-state index contributed by atoms with van der Waals surface area (Å²) in [5.74, 6) is -0.173. The molecule has 1 heterocycles. The average Bonchev–Trinajstić information content (AvgIpc) is 2.67. The number of nitrogens with zero attached hydrogens (tertiary/aromatic N) is 2. The molecule has 0 atom stereocenters. The second kappa shape index (κ2) is 3.98. The summed E-state index contributed by atoms with van der Waals surface area (Å²) < 4.78 is 1.56. The number of halogens is 1. The lowest BCUT2D eigenvalue weighted by Crippen LogP contribution is -2.04. The zero-order valence-corrected chi connectivity index (χ0v) is 9.40. The van der Waals surface area contributed by atoms with E-state index in [2.05, 4.69) is 5.10 Å². The first-order chi connectivity index (χ1) is 7.58. The SMILES string of the molecule is Cn1cc(C(=O)c2cc(Cl)ccc2N)cn1. The zero-order valence-electron chi connectivity index (χ0n) is 8.64. The van der Waals surface area contributed by atoms with Crippen molar-refractivity contribution in [3.63, 3.8) is 0 Å². The first kappa shape index (κ1) is 10.7. The molecule has 82 valence electrons. The molecule has 16 heavy (non-hydrogen) atoms. The predicted octanol–water partition coefficient (Wildman–Crippen LogP) is 1.89. The minimum absolute atomic E-state index is 0.173. The van der Waals surface area contributed by atoms with E-state index in [0.29, 0.717) is 21.8 Å². The van der Waals surface area contributed by atoms with Crippen molar-refractivity contribution in [2.45, 2.75) is 0 Å². The van der Waals surface area contributed by atoms with E-state index < -0.39 is 0 Å². The zero-order chi connectivity index (χ0) is 11.7. The Morgan fingerprint density at radius 3 is 2.88 bits per heavy atom. The van der Waals surface area contributed by atoms with Gasteiger partial charge in [-0.05, 0) is 18.2 Å². The Balaban J connectivity index is 2.45. The number of aryl methyl sites for hydroxylation is 1. The summed E-state index contributed by atoms with van der Waals surface area (Å²) in [5, 5.41) is 4.42. The van der Waals surface area contributed by atoms with Crippen molar-refractivity contribution in [1.29, 1.82) is 0 Å². The molecule has 0 fully saturated rings. The van der Waals surface area contributed by atoms with Gasteiger partial charge in [0.1, 0.15) is 0 Å². The fourth-order valence-electron chi connectivity index (χ4n) is 1.42. The molecule has 2 rings (SSSR count). The van der Waals surface area contributed by atoms with Gasteiger partial charge in [0.2, 0.25) is 0 Å². The molecule has 2 aromatic rings. The van der Waals surface area contributed by atoms with Crippen LogP contribution in [0.5, 0.6) is 0 Å². The van der Waals surface area contributed by atoms with Crippen LogP contribution in [0.2, 0.25) is 5.02 Å². The van der Waals surface area contributed by atoms with Crippen molar-refractivity contribution in [1.82, 2.24) is 9.78 Å². The van der Waals surface area contributed by atoms with Crippen LogP contribution >= 0.6 is 11.6 Å². The molecule has 0 aliphatic carbocycles. The topological polar surface area (TPSA) is 60.9 Å². The van der Waals surface area contributed by atoms with Gasteiger partial charge >= 0.3 is 0 Å². The van der Waals surface area contributed by atoms with Gasteiger partial charge in [-0.3, -0.25) is 9.48 Å². The fourth-order valence-corrected chi connectivity index (χ4v) is 1.59. The molecule has 0 aliphatic rings. The van der Waals surface area contributed by atoms with Crippen LogP contribution in [0.15, 0.2) is 30.6 Å². The molecule has 0 spiro atoms. The summed E-state index contributed by atoms with van der Waals surface area (Å²) in [6.45, 7) is 0. The lowest BCUT2D eigenvalue weighted by Gasteiger charge is -2.03. The van der Waals surface area contributed by atoms with Crippen molar-refractivity contribution < 1.29 is 4.79 Å². The number of carbonyl (C=O) groups excluding carboxylic acids is 1. The third-order valence-electron chi connectivity index (χ3n) is 2.23. The van der Waals surface area contributed by atoms with Crippen LogP contribution in [-0.2, 0) is 7.05 Å². The number of anilines is 1. The highest BCUT2D eigenvalue weighted by molar-refractivity contribution is 6.31. The third-order valence-corrected chi connectivity index (χ3v) is 2.46. The average molecular weight is 236 g/mol. The highest BCUT2D eigenvalue weighted by Gasteiger charge is 2.14. The lowest BCUT2D eigenvalue weighted by atomic mass is 10.0. The smallest absolute Gasteiger partial charge is 0.198 e. The largest absolute Gasteiger partial charge is 0.398 e. The van der Waals surface area contributed by atoms with Crippen molar-refractivity contribution in [2.75, 3.05) is 5.73 Å². The van der Waals surface area contributed by atoms with Gasteiger partial charge in [-0.1, -0.05) is 11.6 Å². The van der Waals surface area contributed by atoms with E-state index in [-0.39, 0.29) is 5.78 Å². The molecule has 1 aromatic heterocycles. The van der Waals surface area contributed by atoms with E-state index in [9.17, 15) is 4.79 Å². The molecule has 0 radical (unpaired) electrons. The quantitative estimate of drug-likeness (QED) is 0.639. The van der Waals surface area contributed by atoms with Gasteiger partial charge < -0.3 is 5.73 Å².